The second kappa shape index (κ2) is 12.0. The minimum atomic E-state index is -5.10. The zero-order valence-corrected chi connectivity index (χ0v) is 23.7. The minimum Gasteiger partial charge on any atom is -0.496 e. The second-order valence-electron chi connectivity index (χ2n) is 10.3. The van der Waals surface area contributed by atoms with Crippen LogP contribution in [0.5, 0.6) is 5.75 Å². The molecule has 0 radical (unpaired) electrons. The van der Waals surface area contributed by atoms with E-state index in [1.807, 2.05) is 13.8 Å². The zero-order chi connectivity index (χ0) is 32.6. The number of alkyl halides is 9. The Morgan fingerprint density at radius 1 is 0.750 bits per heavy atom. The van der Waals surface area contributed by atoms with Gasteiger partial charge in [-0.05, 0) is 75.8 Å². The van der Waals surface area contributed by atoms with Crippen LogP contribution in [0.1, 0.15) is 53.1 Å². The van der Waals surface area contributed by atoms with E-state index in [1.54, 1.807) is 18.2 Å². The Bertz CT molecular complexity index is 1590. The fourth-order valence-electron chi connectivity index (χ4n) is 4.59. The molecule has 0 unspecified atom stereocenters. The van der Waals surface area contributed by atoms with Crippen molar-refractivity contribution in [2.75, 3.05) is 12.0 Å². The van der Waals surface area contributed by atoms with Crippen molar-refractivity contribution in [3.63, 3.8) is 0 Å². The van der Waals surface area contributed by atoms with Crippen molar-refractivity contribution in [2.24, 2.45) is 7.05 Å². The number of tetrazole rings is 1. The summed E-state index contributed by atoms with van der Waals surface area (Å²) in [6.07, 6.45) is -15.0. The molecule has 0 aliphatic heterocycles. The topological polar surface area (TPSA) is 56.1 Å². The molecule has 0 bridgehead atoms. The number of aryl methyl sites for hydroxylation is 1. The predicted molar refractivity (Wildman–Crippen MR) is 143 cm³/mol. The molecular weight excluding hydrogens is 605 g/mol. The minimum absolute atomic E-state index is 0.00664. The van der Waals surface area contributed by atoms with Gasteiger partial charge >= 0.3 is 18.5 Å². The highest BCUT2D eigenvalue weighted by Gasteiger charge is 2.37. The molecule has 0 amide bonds. The molecule has 0 saturated heterocycles. The van der Waals surface area contributed by atoms with Gasteiger partial charge in [-0.3, -0.25) is 0 Å². The maximum atomic E-state index is 13.9. The summed E-state index contributed by atoms with van der Waals surface area (Å²) >= 11 is 0. The summed E-state index contributed by atoms with van der Waals surface area (Å²) in [6, 6.07) is 9.29. The Balaban J connectivity index is 1.90. The van der Waals surface area contributed by atoms with Gasteiger partial charge in [0.2, 0.25) is 0 Å². The van der Waals surface area contributed by atoms with Gasteiger partial charge in [-0.25, -0.2) is 0 Å². The standard InChI is InChI=1S/C29H26F9N5O/c1-16(2)18-5-8-25(44-4)24(12-18)23-7-6-20(27(30,31)32)11-19(23)15-43(26-39-41-42(3)40-26)14-17-9-21(28(33,34)35)13-22(10-17)29(36,37)38/h5-13,16H,14-15H2,1-4H3. The highest BCUT2D eigenvalue weighted by Crippen LogP contribution is 2.40. The Kier molecular flexibility index (Phi) is 8.89. The molecule has 44 heavy (non-hydrogen) atoms. The lowest BCUT2D eigenvalue weighted by atomic mass is 9.92. The average Bonchev–Trinajstić information content (AvgIpc) is 3.36. The Labute approximate surface area is 246 Å². The second-order valence-corrected chi connectivity index (χ2v) is 10.3. The van der Waals surface area contributed by atoms with Crippen LogP contribution in [0.2, 0.25) is 0 Å². The normalized spacial score (nSPS) is 12.6. The van der Waals surface area contributed by atoms with Gasteiger partial charge in [-0.1, -0.05) is 31.1 Å². The third-order valence-corrected chi connectivity index (χ3v) is 6.78. The lowest BCUT2D eigenvalue weighted by Crippen LogP contribution is -2.25. The van der Waals surface area contributed by atoms with E-state index in [0.717, 1.165) is 27.4 Å². The van der Waals surface area contributed by atoms with E-state index in [-0.39, 0.29) is 23.5 Å². The van der Waals surface area contributed by atoms with Crippen LogP contribution in [0.4, 0.5) is 45.5 Å². The Hall–Kier alpha value is -4.30. The fraction of sp³-hybridized carbons (Fsp3) is 0.345. The number of halogens is 9. The average molecular weight is 632 g/mol. The molecule has 0 aliphatic rings. The van der Waals surface area contributed by atoms with Gasteiger partial charge in [-0.15, -0.1) is 5.10 Å². The summed E-state index contributed by atoms with van der Waals surface area (Å²) in [6.45, 7) is 2.77. The number of rotatable bonds is 8. The van der Waals surface area contributed by atoms with E-state index >= 15 is 0 Å². The van der Waals surface area contributed by atoms with Gasteiger partial charge < -0.3 is 9.64 Å². The van der Waals surface area contributed by atoms with Gasteiger partial charge in [0.05, 0.1) is 30.8 Å². The maximum Gasteiger partial charge on any atom is 0.416 e. The molecule has 15 heteroatoms. The van der Waals surface area contributed by atoms with E-state index in [1.165, 1.54) is 20.2 Å². The zero-order valence-electron chi connectivity index (χ0n) is 23.7. The lowest BCUT2D eigenvalue weighted by molar-refractivity contribution is -0.143. The highest BCUT2D eigenvalue weighted by atomic mass is 19.4. The van der Waals surface area contributed by atoms with Gasteiger partial charge in [0, 0.05) is 18.7 Å². The van der Waals surface area contributed by atoms with E-state index in [0.29, 0.717) is 29.0 Å². The molecule has 6 nitrogen and oxygen atoms in total. The predicted octanol–water partition coefficient (Wildman–Crippen LogP) is 8.27. The monoisotopic (exact) mass is 631 g/mol. The summed E-state index contributed by atoms with van der Waals surface area (Å²) in [5.74, 6) is 0.151. The van der Waals surface area contributed by atoms with Crippen molar-refractivity contribution in [1.29, 1.82) is 0 Å². The largest absolute Gasteiger partial charge is 0.496 e. The lowest BCUT2D eigenvalue weighted by Gasteiger charge is -2.25. The van der Waals surface area contributed by atoms with Crippen molar-refractivity contribution in [3.05, 3.63) is 88.0 Å². The first-order valence-electron chi connectivity index (χ1n) is 13.0. The molecule has 4 aromatic rings. The molecule has 1 heterocycles. The number of anilines is 1. The van der Waals surface area contributed by atoms with Crippen LogP contribution in [0.3, 0.4) is 0 Å². The van der Waals surface area contributed by atoms with Crippen LogP contribution in [-0.4, -0.2) is 27.3 Å². The van der Waals surface area contributed by atoms with E-state index in [9.17, 15) is 39.5 Å². The SMILES string of the molecule is COc1ccc(C(C)C)cc1-c1ccc(C(F)(F)F)cc1CN(Cc1cc(C(F)(F)F)cc(C(F)(F)F)c1)c1nnn(C)n1. The number of benzene rings is 3. The van der Waals surface area contributed by atoms with Crippen LogP contribution in [0.25, 0.3) is 11.1 Å². The molecule has 4 rings (SSSR count). The first kappa shape index (κ1) is 32.6. The smallest absolute Gasteiger partial charge is 0.416 e. The third kappa shape index (κ3) is 7.42. The summed E-state index contributed by atoms with van der Waals surface area (Å²) in [5.41, 5.74) is -2.89. The summed E-state index contributed by atoms with van der Waals surface area (Å²) in [4.78, 5) is 2.15. The molecule has 0 saturated carbocycles. The first-order chi connectivity index (χ1) is 20.4. The van der Waals surface area contributed by atoms with Gasteiger partial charge in [0.25, 0.3) is 5.95 Å². The van der Waals surface area contributed by atoms with Crippen molar-refractivity contribution in [2.45, 2.75) is 51.4 Å². The summed E-state index contributed by atoms with van der Waals surface area (Å²) in [7, 11) is 2.76. The molecule has 0 N–H and O–H groups in total. The van der Waals surface area contributed by atoms with Crippen molar-refractivity contribution in [3.8, 4) is 16.9 Å². The molecule has 3 aromatic carbocycles. The molecule has 1 aromatic heterocycles. The van der Waals surface area contributed by atoms with Crippen LogP contribution in [0, 0.1) is 0 Å². The quantitative estimate of drug-likeness (QED) is 0.183. The van der Waals surface area contributed by atoms with Crippen LogP contribution < -0.4 is 9.64 Å². The number of hydrogen-bond donors (Lipinski definition) is 0. The Morgan fingerprint density at radius 2 is 1.36 bits per heavy atom. The molecule has 0 fully saturated rings. The number of aromatic nitrogens is 4. The van der Waals surface area contributed by atoms with Crippen LogP contribution in [-0.2, 0) is 38.7 Å². The molecule has 0 atom stereocenters. The summed E-state index contributed by atoms with van der Waals surface area (Å²) < 4.78 is 128. The van der Waals surface area contributed by atoms with Crippen LogP contribution in [0.15, 0.2) is 54.6 Å². The number of hydrogen-bond acceptors (Lipinski definition) is 5. The molecule has 0 aliphatic carbocycles. The number of methoxy groups -OCH3 is 1. The van der Waals surface area contributed by atoms with E-state index < -0.39 is 53.9 Å². The van der Waals surface area contributed by atoms with Crippen molar-refractivity contribution in [1.82, 2.24) is 20.2 Å². The van der Waals surface area contributed by atoms with Crippen molar-refractivity contribution < 1.29 is 44.3 Å². The van der Waals surface area contributed by atoms with Crippen LogP contribution >= 0.6 is 0 Å². The summed E-state index contributed by atoms with van der Waals surface area (Å²) in [5, 5.41) is 11.5. The fourth-order valence-corrected chi connectivity index (χ4v) is 4.59. The number of nitrogens with zero attached hydrogens (tertiary/aromatic N) is 5. The van der Waals surface area contributed by atoms with Gasteiger partial charge in [0.15, 0.2) is 0 Å². The first-order valence-corrected chi connectivity index (χ1v) is 13.0. The Morgan fingerprint density at radius 3 is 1.86 bits per heavy atom. The molecule has 236 valence electrons. The van der Waals surface area contributed by atoms with E-state index in [2.05, 4.69) is 15.4 Å². The van der Waals surface area contributed by atoms with Gasteiger partial charge in [0.1, 0.15) is 5.75 Å². The molecule has 0 spiro atoms. The van der Waals surface area contributed by atoms with Gasteiger partial charge in [-0.2, -0.15) is 44.3 Å². The maximum absolute atomic E-state index is 13.9. The van der Waals surface area contributed by atoms with E-state index in [4.69, 9.17) is 4.74 Å². The highest BCUT2D eigenvalue weighted by molar-refractivity contribution is 5.75. The van der Waals surface area contributed by atoms with Crippen molar-refractivity contribution >= 4 is 5.95 Å². The third-order valence-electron chi connectivity index (χ3n) is 6.78. The number of ether oxygens (including phenoxy) is 1. The molecular formula is C29H26F9N5O.